The van der Waals surface area contributed by atoms with Gasteiger partial charge in [-0.05, 0) is 41.8 Å². The van der Waals surface area contributed by atoms with E-state index in [2.05, 4.69) is 18.3 Å². The molecule has 18 heavy (non-hydrogen) atoms. The normalized spacial score (nSPS) is 10.6. The number of thiophene rings is 1. The predicted molar refractivity (Wildman–Crippen MR) is 78.7 cm³/mol. The van der Waals surface area contributed by atoms with Crippen molar-refractivity contribution in [2.24, 2.45) is 0 Å². The first-order valence-electron chi connectivity index (χ1n) is 5.87. The van der Waals surface area contributed by atoms with Gasteiger partial charge in [-0.2, -0.15) is 0 Å². The van der Waals surface area contributed by atoms with Gasteiger partial charge in [-0.15, -0.1) is 11.3 Å². The van der Waals surface area contributed by atoms with E-state index in [4.69, 9.17) is 16.3 Å². The van der Waals surface area contributed by atoms with Crippen molar-refractivity contribution in [2.45, 2.75) is 13.5 Å². The average molecular weight is 282 g/mol. The van der Waals surface area contributed by atoms with E-state index in [9.17, 15) is 0 Å². The molecule has 0 bridgehead atoms. The second-order valence-corrected chi connectivity index (χ2v) is 5.23. The third-order valence-electron chi connectivity index (χ3n) is 2.73. The topological polar surface area (TPSA) is 21.3 Å². The van der Waals surface area contributed by atoms with Crippen molar-refractivity contribution < 1.29 is 4.74 Å². The molecule has 0 atom stereocenters. The number of benzene rings is 1. The van der Waals surface area contributed by atoms with Gasteiger partial charge in [0.2, 0.25) is 0 Å². The molecule has 1 aromatic carbocycles. The molecular formula is C14H16ClNOS. The number of rotatable bonds is 5. The monoisotopic (exact) mass is 281 g/mol. The van der Waals surface area contributed by atoms with Crippen molar-refractivity contribution in [3.05, 3.63) is 40.2 Å². The number of ether oxygens (including phenoxy) is 1. The van der Waals surface area contributed by atoms with Gasteiger partial charge in [0.25, 0.3) is 0 Å². The largest absolute Gasteiger partial charge is 0.496 e. The SMILES string of the molecule is CCNCc1cc(-c2sccc2Cl)ccc1OC. The van der Waals surface area contributed by atoms with E-state index in [1.807, 2.05) is 23.6 Å². The lowest BCUT2D eigenvalue weighted by Crippen LogP contribution is -2.12. The zero-order valence-corrected chi connectivity index (χ0v) is 12.1. The Kier molecular flexibility index (Phi) is 4.64. The Morgan fingerprint density at radius 1 is 1.33 bits per heavy atom. The molecule has 0 fully saturated rings. The minimum absolute atomic E-state index is 0.802. The lowest BCUT2D eigenvalue weighted by molar-refractivity contribution is 0.408. The van der Waals surface area contributed by atoms with Crippen LogP contribution < -0.4 is 10.1 Å². The predicted octanol–water partition coefficient (Wildman–Crippen LogP) is 4.19. The summed E-state index contributed by atoms with van der Waals surface area (Å²) in [7, 11) is 1.70. The Morgan fingerprint density at radius 2 is 2.17 bits per heavy atom. The maximum atomic E-state index is 6.17. The Morgan fingerprint density at radius 3 is 2.78 bits per heavy atom. The van der Waals surface area contributed by atoms with Crippen LogP contribution in [-0.4, -0.2) is 13.7 Å². The van der Waals surface area contributed by atoms with Crippen LogP contribution in [0.3, 0.4) is 0 Å². The summed E-state index contributed by atoms with van der Waals surface area (Å²) in [6, 6.07) is 8.11. The highest BCUT2D eigenvalue weighted by molar-refractivity contribution is 7.14. The summed E-state index contributed by atoms with van der Waals surface area (Å²) < 4.78 is 5.38. The molecule has 96 valence electrons. The summed E-state index contributed by atoms with van der Waals surface area (Å²) in [4.78, 5) is 1.11. The first-order chi connectivity index (χ1) is 8.76. The van der Waals surface area contributed by atoms with E-state index in [0.29, 0.717) is 0 Å². The number of hydrogen-bond acceptors (Lipinski definition) is 3. The number of hydrogen-bond donors (Lipinski definition) is 1. The third kappa shape index (κ3) is 2.86. The molecular weight excluding hydrogens is 266 g/mol. The molecule has 2 aromatic rings. The van der Waals surface area contributed by atoms with Crippen molar-refractivity contribution in [3.63, 3.8) is 0 Å². The summed E-state index contributed by atoms with van der Waals surface area (Å²) >= 11 is 7.82. The van der Waals surface area contributed by atoms with Crippen LogP contribution in [0.4, 0.5) is 0 Å². The molecule has 0 spiro atoms. The van der Waals surface area contributed by atoms with E-state index >= 15 is 0 Å². The highest BCUT2D eigenvalue weighted by atomic mass is 35.5. The van der Waals surface area contributed by atoms with Gasteiger partial charge in [-0.1, -0.05) is 18.5 Å². The number of halogens is 1. The molecule has 0 aliphatic rings. The van der Waals surface area contributed by atoms with E-state index < -0.39 is 0 Å². The van der Waals surface area contributed by atoms with Gasteiger partial charge in [-0.25, -0.2) is 0 Å². The summed E-state index contributed by atoms with van der Waals surface area (Å²) in [6.45, 7) is 3.83. The lowest BCUT2D eigenvalue weighted by atomic mass is 10.1. The molecule has 1 heterocycles. The summed E-state index contributed by atoms with van der Waals surface area (Å²) in [5, 5.41) is 6.13. The first kappa shape index (κ1) is 13.4. The molecule has 0 aliphatic carbocycles. The van der Waals surface area contributed by atoms with Gasteiger partial charge < -0.3 is 10.1 Å². The van der Waals surface area contributed by atoms with Crippen LogP contribution in [-0.2, 0) is 6.54 Å². The Bertz CT molecular complexity index is 524. The fraction of sp³-hybridized carbons (Fsp3) is 0.286. The van der Waals surface area contributed by atoms with Crippen molar-refractivity contribution in [3.8, 4) is 16.2 Å². The van der Waals surface area contributed by atoms with Crippen LogP contribution in [0.15, 0.2) is 29.6 Å². The zero-order valence-electron chi connectivity index (χ0n) is 10.5. The molecule has 2 rings (SSSR count). The Hall–Kier alpha value is -1.03. The van der Waals surface area contributed by atoms with Crippen LogP contribution in [0.1, 0.15) is 12.5 Å². The van der Waals surface area contributed by atoms with E-state index in [-0.39, 0.29) is 0 Å². The van der Waals surface area contributed by atoms with Gasteiger partial charge in [-0.3, -0.25) is 0 Å². The van der Waals surface area contributed by atoms with Gasteiger partial charge in [0.1, 0.15) is 5.75 Å². The molecule has 2 nitrogen and oxygen atoms in total. The summed E-state index contributed by atoms with van der Waals surface area (Å²) in [5.41, 5.74) is 2.30. The maximum absolute atomic E-state index is 6.17. The molecule has 1 aromatic heterocycles. The van der Waals surface area contributed by atoms with E-state index in [0.717, 1.165) is 39.9 Å². The van der Waals surface area contributed by atoms with Gasteiger partial charge in [0, 0.05) is 12.1 Å². The molecule has 0 saturated heterocycles. The quantitative estimate of drug-likeness (QED) is 0.887. The zero-order chi connectivity index (χ0) is 13.0. The third-order valence-corrected chi connectivity index (χ3v) is 4.12. The van der Waals surface area contributed by atoms with E-state index in [1.54, 1.807) is 18.4 Å². The second-order valence-electron chi connectivity index (χ2n) is 3.90. The Balaban J connectivity index is 2.36. The van der Waals surface area contributed by atoms with Gasteiger partial charge in [0.05, 0.1) is 17.0 Å². The molecule has 0 amide bonds. The van der Waals surface area contributed by atoms with Crippen LogP contribution in [0.25, 0.3) is 10.4 Å². The van der Waals surface area contributed by atoms with Crippen LogP contribution in [0, 0.1) is 0 Å². The smallest absolute Gasteiger partial charge is 0.123 e. The molecule has 0 saturated carbocycles. The van der Waals surface area contributed by atoms with Crippen molar-refractivity contribution in [2.75, 3.05) is 13.7 Å². The first-order valence-corrected chi connectivity index (χ1v) is 7.13. The fourth-order valence-corrected chi connectivity index (χ4v) is 2.98. The molecule has 1 N–H and O–H groups in total. The van der Waals surface area contributed by atoms with E-state index in [1.165, 1.54) is 0 Å². The highest BCUT2D eigenvalue weighted by Gasteiger charge is 2.09. The maximum Gasteiger partial charge on any atom is 0.123 e. The minimum Gasteiger partial charge on any atom is -0.496 e. The highest BCUT2D eigenvalue weighted by Crippen LogP contribution is 2.35. The molecule has 4 heteroatoms. The average Bonchev–Trinajstić information content (AvgIpc) is 2.82. The molecule has 0 unspecified atom stereocenters. The Labute approximate surface area is 117 Å². The minimum atomic E-state index is 0.802. The van der Waals surface area contributed by atoms with Gasteiger partial charge >= 0.3 is 0 Å². The van der Waals surface area contributed by atoms with Gasteiger partial charge in [0.15, 0.2) is 0 Å². The van der Waals surface area contributed by atoms with Crippen molar-refractivity contribution in [1.82, 2.24) is 5.32 Å². The molecule has 0 radical (unpaired) electrons. The van der Waals surface area contributed by atoms with Crippen LogP contribution >= 0.6 is 22.9 Å². The standard InChI is InChI=1S/C14H16ClNOS/c1-3-16-9-11-8-10(4-5-13(11)17-2)14-12(15)6-7-18-14/h4-8,16H,3,9H2,1-2H3. The summed E-state index contributed by atoms with van der Waals surface area (Å²) in [6.07, 6.45) is 0. The van der Waals surface area contributed by atoms with Crippen molar-refractivity contribution in [1.29, 1.82) is 0 Å². The number of methoxy groups -OCH3 is 1. The summed E-state index contributed by atoms with van der Waals surface area (Å²) in [5.74, 6) is 0.910. The van der Waals surface area contributed by atoms with Crippen LogP contribution in [0.2, 0.25) is 5.02 Å². The fourth-order valence-electron chi connectivity index (χ4n) is 1.82. The van der Waals surface area contributed by atoms with Crippen molar-refractivity contribution >= 4 is 22.9 Å². The lowest BCUT2D eigenvalue weighted by Gasteiger charge is -2.11. The molecule has 0 aliphatic heterocycles. The number of nitrogens with one attached hydrogen (secondary N) is 1. The van der Waals surface area contributed by atoms with Crippen LogP contribution in [0.5, 0.6) is 5.75 Å². The second kappa shape index (κ2) is 6.23.